The van der Waals surface area contributed by atoms with Crippen LogP contribution in [-0.2, 0) is 0 Å². The summed E-state index contributed by atoms with van der Waals surface area (Å²) < 4.78 is 14.3. The standard InChI is InChI=1S/C48H32N2.2C42H28N2/c1-3-11-33(12-4-1)34-19-21-35(22-20-34)36-23-27-40(28-24-36)50-46-18-10-8-16-42(46)44-32-38(26-30-48(44)50)37-25-29-47-43(31-37)41-15-7-9-17-45(41)49(47)39-13-5-2-6-14-39;1-4-12-29(13-5-1)30-20-23-41-37(26-30)38-28-32(22-25-42(38)44(41)34-16-8-3-9-17-34)31-21-24-40-36(27-31)35-18-10-11-19-39(35)43(40)33-14-6-2-7-15-33;1-3-12-29(13-4-1)30-14-11-17-34(26-30)44-40-21-10-8-19-36(40)38-28-32(23-25-42(38)44)31-22-24-41-37(27-31)35-18-7-9-20-39(35)43(41)33-15-5-2-6-16-33/h1-32H;2*1-28H. The van der Waals surface area contributed by atoms with Crippen LogP contribution in [0.15, 0.2) is 534 Å². The third-order valence-electron chi connectivity index (χ3n) is 28.0. The SMILES string of the molecule is c1ccc(-c2ccc(-c3ccc(-n4c5ccccc5c5cc(-c6ccc7c(c6)c6ccccc6n7-c6ccccc6)ccc54)cc3)cc2)cc1.c1ccc(-c2ccc3c(c2)c2cc(-c4ccc5c(c4)c4ccccc4n5-c4ccccc4)ccc2n3-c2ccccc2)cc1.c1ccc(-c2cccc(-n3c4ccccc4c4cc(-c5ccc6c(c5)c5ccccc5n6-c5ccccc5)ccc43)c2)cc1. The Hall–Kier alpha value is -18.4. The molecule has 0 unspecified atom stereocenters. The van der Waals surface area contributed by atoms with Crippen LogP contribution in [0.25, 0.3) is 243 Å². The van der Waals surface area contributed by atoms with Crippen molar-refractivity contribution in [2.75, 3.05) is 0 Å². The molecule has 6 heterocycles. The fraction of sp³-hybridized carbons (Fsp3) is 0. The van der Waals surface area contributed by atoms with Gasteiger partial charge in [0.1, 0.15) is 0 Å². The van der Waals surface area contributed by atoms with Gasteiger partial charge in [-0.25, -0.2) is 0 Å². The highest BCUT2D eigenvalue weighted by Gasteiger charge is 2.23. The van der Waals surface area contributed by atoms with E-state index in [1.807, 2.05) is 0 Å². The number of fused-ring (bicyclic) bond motifs is 18. The van der Waals surface area contributed by atoms with Gasteiger partial charge < -0.3 is 27.4 Å². The number of benzene rings is 22. The van der Waals surface area contributed by atoms with Crippen molar-refractivity contribution in [3.05, 3.63) is 534 Å². The maximum absolute atomic E-state index is 2.40. The van der Waals surface area contributed by atoms with E-state index in [0.29, 0.717) is 0 Å². The topological polar surface area (TPSA) is 29.6 Å². The molecule has 22 aromatic carbocycles. The molecule has 0 aliphatic heterocycles. The molecule has 0 radical (unpaired) electrons. The molecule has 0 spiro atoms. The molecule has 0 fully saturated rings. The molecule has 28 aromatic rings. The molecular weight excluding hydrogens is 1670 g/mol. The van der Waals surface area contributed by atoms with E-state index in [9.17, 15) is 0 Å². The molecule has 0 aliphatic rings. The summed E-state index contributed by atoms with van der Waals surface area (Å²) in [6.45, 7) is 0. The van der Waals surface area contributed by atoms with Crippen molar-refractivity contribution >= 4 is 131 Å². The van der Waals surface area contributed by atoms with Crippen molar-refractivity contribution < 1.29 is 0 Å². The number of nitrogens with zero attached hydrogens (tertiary/aromatic N) is 6. The van der Waals surface area contributed by atoms with Crippen LogP contribution in [0, 0.1) is 0 Å². The van der Waals surface area contributed by atoms with Crippen LogP contribution in [0.2, 0.25) is 0 Å². The normalized spacial score (nSPS) is 11.6. The average molecular weight is 1760 g/mol. The second-order valence-electron chi connectivity index (χ2n) is 35.8. The molecule has 0 saturated heterocycles. The first kappa shape index (κ1) is 80.5. The molecule has 6 heteroatoms. The van der Waals surface area contributed by atoms with Crippen molar-refractivity contribution in [3.63, 3.8) is 0 Å². The maximum atomic E-state index is 2.40. The van der Waals surface area contributed by atoms with Gasteiger partial charge in [-0.1, -0.05) is 346 Å². The maximum Gasteiger partial charge on any atom is 0.0541 e. The van der Waals surface area contributed by atoms with Crippen molar-refractivity contribution in [1.29, 1.82) is 0 Å². The molecule has 138 heavy (non-hydrogen) atoms. The summed E-state index contributed by atoms with van der Waals surface area (Å²) in [5, 5.41) is 15.1. The molecule has 6 nitrogen and oxygen atoms in total. The quantitative estimate of drug-likeness (QED) is 0.110. The summed E-state index contributed by atoms with van der Waals surface area (Å²) in [6.07, 6.45) is 0. The van der Waals surface area contributed by atoms with Crippen molar-refractivity contribution in [2.45, 2.75) is 0 Å². The second kappa shape index (κ2) is 34.0. The zero-order valence-corrected chi connectivity index (χ0v) is 75.5. The van der Waals surface area contributed by atoms with Crippen molar-refractivity contribution in [2.24, 2.45) is 0 Å². The third-order valence-corrected chi connectivity index (χ3v) is 28.0. The summed E-state index contributed by atoms with van der Waals surface area (Å²) >= 11 is 0. The molecule has 0 atom stereocenters. The fourth-order valence-corrected chi connectivity index (χ4v) is 21.5. The lowest BCUT2D eigenvalue weighted by atomic mass is 9.99. The Morgan fingerprint density at radius 1 is 0.0797 bits per heavy atom. The van der Waals surface area contributed by atoms with Crippen LogP contribution >= 0.6 is 0 Å². The Morgan fingerprint density at radius 3 is 0.478 bits per heavy atom. The van der Waals surface area contributed by atoms with Gasteiger partial charge in [0.25, 0.3) is 0 Å². The third kappa shape index (κ3) is 14.0. The number of hydrogen-bond acceptors (Lipinski definition) is 0. The molecule has 6 aromatic heterocycles. The van der Waals surface area contributed by atoms with Crippen LogP contribution in [0.3, 0.4) is 0 Å². The van der Waals surface area contributed by atoms with E-state index in [1.165, 1.54) is 237 Å². The largest absolute Gasteiger partial charge is 0.309 e. The summed E-state index contributed by atoms with van der Waals surface area (Å²) in [4.78, 5) is 0. The minimum atomic E-state index is 1.16. The van der Waals surface area contributed by atoms with Gasteiger partial charge in [-0.15, -0.1) is 0 Å². The summed E-state index contributed by atoms with van der Waals surface area (Å²) in [5.41, 5.74) is 38.7. The first-order valence-corrected chi connectivity index (χ1v) is 47.4. The first-order valence-electron chi connectivity index (χ1n) is 47.4. The highest BCUT2D eigenvalue weighted by molar-refractivity contribution is 6.17. The van der Waals surface area contributed by atoms with E-state index in [2.05, 4.69) is 561 Å². The van der Waals surface area contributed by atoms with Gasteiger partial charge in [0.05, 0.1) is 66.2 Å². The van der Waals surface area contributed by atoms with Crippen LogP contribution in [-0.4, -0.2) is 27.4 Å². The predicted octanol–water partition coefficient (Wildman–Crippen LogP) is 35.3. The highest BCUT2D eigenvalue weighted by atomic mass is 15.0. The molecule has 0 bridgehead atoms. The van der Waals surface area contributed by atoms with E-state index < -0.39 is 0 Å². The zero-order valence-electron chi connectivity index (χ0n) is 75.5. The van der Waals surface area contributed by atoms with Gasteiger partial charge in [0.2, 0.25) is 0 Å². The van der Waals surface area contributed by atoms with Gasteiger partial charge in [0, 0.05) is 98.8 Å². The molecule has 0 saturated carbocycles. The Kier molecular flexibility index (Phi) is 19.9. The fourth-order valence-electron chi connectivity index (χ4n) is 21.5. The Balaban J connectivity index is 0.000000107. The highest BCUT2D eigenvalue weighted by Crippen LogP contribution is 2.46. The van der Waals surface area contributed by atoms with Crippen molar-refractivity contribution in [1.82, 2.24) is 27.4 Å². The Morgan fingerprint density at radius 2 is 0.225 bits per heavy atom. The van der Waals surface area contributed by atoms with Gasteiger partial charge in [-0.2, -0.15) is 0 Å². The molecule has 0 amide bonds. The number of hydrogen-bond donors (Lipinski definition) is 0. The minimum Gasteiger partial charge on any atom is -0.309 e. The van der Waals surface area contributed by atoms with Gasteiger partial charge in [-0.05, 0) is 266 Å². The van der Waals surface area contributed by atoms with Gasteiger partial charge >= 0.3 is 0 Å². The Labute approximate surface area is 798 Å². The van der Waals surface area contributed by atoms with E-state index in [0.717, 1.165) is 5.69 Å². The smallest absolute Gasteiger partial charge is 0.0541 e. The van der Waals surface area contributed by atoms with Gasteiger partial charge in [-0.3, -0.25) is 0 Å². The second-order valence-corrected chi connectivity index (χ2v) is 35.8. The Bertz CT molecular complexity index is 9520. The van der Waals surface area contributed by atoms with E-state index in [1.54, 1.807) is 0 Å². The average Bonchev–Trinajstić information content (AvgIpc) is 1.59. The predicted molar refractivity (Wildman–Crippen MR) is 583 cm³/mol. The lowest BCUT2D eigenvalue weighted by Crippen LogP contribution is -1.94. The molecule has 646 valence electrons. The van der Waals surface area contributed by atoms with E-state index in [4.69, 9.17) is 0 Å². The lowest BCUT2D eigenvalue weighted by Gasteiger charge is -2.11. The molecule has 28 rings (SSSR count). The first-order chi connectivity index (χ1) is 68.5. The van der Waals surface area contributed by atoms with Gasteiger partial charge in [0.15, 0.2) is 0 Å². The summed E-state index contributed by atoms with van der Waals surface area (Å²) in [5.74, 6) is 0. The molecular formula is C132H88N6. The monoisotopic (exact) mass is 1760 g/mol. The molecule has 0 N–H and O–H groups in total. The number of para-hydroxylation sites is 9. The number of aromatic nitrogens is 6. The van der Waals surface area contributed by atoms with Crippen LogP contribution in [0.1, 0.15) is 0 Å². The van der Waals surface area contributed by atoms with Crippen LogP contribution < -0.4 is 0 Å². The van der Waals surface area contributed by atoms with Crippen LogP contribution in [0.4, 0.5) is 0 Å². The zero-order chi connectivity index (χ0) is 91.1. The minimum absolute atomic E-state index is 1.16. The van der Waals surface area contributed by atoms with Crippen molar-refractivity contribution in [3.8, 4) is 112 Å². The van der Waals surface area contributed by atoms with E-state index >= 15 is 0 Å². The number of rotatable bonds is 13. The van der Waals surface area contributed by atoms with Crippen LogP contribution in [0.5, 0.6) is 0 Å². The molecule has 0 aliphatic carbocycles. The summed E-state index contributed by atoms with van der Waals surface area (Å²) in [7, 11) is 0. The lowest BCUT2D eigenvalue weighted by molar-refractivity contribution is 1.18. The summed E-state index contributed by atoms with van der Waals surface area (Å²) in [6, 6.07) is 193. The van der Waals surface area contributed by atoms with E-state index in [-0.39, 0.29) is 0 Å².